The molecular formula is C10H10BrIO. The summed E-state index contributed by atoms with van der Waals surface area (Å²) in [6.07, 6.45) is 0. The summed E-state index contributed by atoms with van der Waals surface area (Å²) in [7, 11) is 0. The zero-order valence-corrected chi connectivity index (χ0v) is 11.1. The Morgan fingerprint density at radius 3 is 2.92 bits per heavy atom. The molecule has 0 aliphatic heterocycles. The van der Waals surface area contributed by atoms with Gasteiger partial charge in [-0.05, 0) is 53.3 Å². The quantitative estimate of drug-likeness (QED) is 0.590. The van der Waals surface area contributed by atoms with Crippen molar-refractivity contribution in [1.82, 2.24) is 0 Å². The Bertz CT molecular complexity index is 323. The Labute approximate surface area is 100 Å². The molecule has 0 aliphatic rings. The first-order valence-corrected chi connectivity index (χ1v) is 5.69. The summed E-state index contributed by atoms with van der Waals surface area (Å²) < 4.78 is 7.69. The van der Waals surface area contributed by atoms with Gasteiger partial charge >= 0.3 is 0 Å². The molecule has 0 saturated heterocycles. The lowest BCUT2D eigenvalue weighted by molar-refractivity contribution is 0.350. The lowest BCUT2D eigenvalue weighted by Gasteiger charge is -2.07. The van der Waals surface area contributed by atoms with Crippen LogP contribution >= 0.6 is 38.5 Å². The summed E-state index contributed by atoms with van der Waals surface area (Å²) in [5, 5.41) is 0. The van der Waals surface area contributed by atoms with Gasteiger partial charge in [-0.1, -0.05) is 22.5 Å². The molecule has 70 valence electrons. The topological polar surface area (TPSA) is 9.23 Å². The highest BCUT2D eigenvalue weighted by molar-refractivity contribution is 14.1. The third-order valence-corrected chi connectivity index (χ3v) is 2.75. The van der Waals surface area contributed by atoms with Gasteiger partial charge in [0.1, 0.15) is 12.4 Å². The van der Waals surface area contributed by atoms with Crippen LogP contribution in [0.15, 0.2) is 34.8 Å². The smallest absolute Gasteiger partial charge is 0.134 e. The summed E-state index contributed by atoms with van der Waals surface area (Å²) in [5.74, 6) is 0.901. The number of benzene rings is 1. The van der Waals surface area contributed by atoms with E-state index in [0.717, 1.165) is 19.4 Å². The number of hydrogen-bond donors (Lipinski definition) is 0. The van der Waals surface area contributed by atoms with E-state index in [-0.39, 0.29) is 0 Å². The highest BCUT2D eigenvalue weighted by atomic mass is 127. The van der Waals surface area contributed by atoms with E-state index < -0.39 is 0 Å². The fourth-order valence-electron chi connectivity index (χ4n) is 0.789. The summed E-state index contributed by atoms with van der Waals surface area (Å²) in [5.41, 5.74) is 1.02. The van der Waals surface area contributed by atoms with Crippen LogP contribution in [0.5, 0.6) is 5.75 Å². The van der Waals surface area contributed by atoms with Crippen LogP contribution in [0.3, 0.4) is 0 Å². The van der Waals surface area contributed by atoms with Crippen LogP contribution in [-0.4, -0.2) is 6.61 Å². The SMILES string of the molecule is C=C(C)COc1cc(Br)ccc1I. The Morgan fingerprint density at radius 1 is 1.62 bits per heavy atom. The maximum absolute atomic E-state index is 5.54. The van der Waals surface area contributed by atoms with E-state index in [1.165, 1.54) is 0 Å². The summed E-state index contributed by atoms with van der Waals surface area (Å²) in [6.45, 7) is 6.31. The second kappa shape index (κ2) is 5.00. The van der Waals surface area contributed by atoms with Crippen molar-refractivity contribution in [2.75, 3.05) is 6.61 Å². The third kappa shape index (κ3) is 3.68. The minimum absolute atomic E-state index is 0.576. The average molecular weight is 353 g/mol. The fraction of sp³-hybridized carbons (Fsp3) is 0.200. The van der Waals surface area contributed by atoms with E-state index in [1.54, 1.807) is 0 Å². The largest absolute Gasteiger partial charge is 0.488 e. The molecule has 0 N–H and O–H groups in total. The maximum atomic E-state index is 5.54. The normalized spacial score (nSPS) is 9.77. The van der Waals surface area contributed by atoms with Gasteiger partial charge in [-0.15, -0.1) is 0 Å². The molecule has 0 bridgehead atoms. The van der Waals surface area contributed by atoms with Gasteiger partial charge in [0.15, 0.2) is 0 Å². The van der Waals surface area contributed by atoms with Gasteiger partial charge in [0.05, 0.1) is 3.57 Å². The zero-order chi connectivity index (χ0) is 9.84. The van der Waals surface area contributed by atoms with E-state index in [9.17, 15) is 0 Å². The van der Waals surface area contributed by atoms with Crippen molar-refractivity contribution >= 4 is 38.5 Å². The van der Waals surface area contributed by atoms with Crippen LogP contribution < -0.4 is 4.74 Å². The predicted octanol–water partition coefficient (Wildman–Crippen LogP) is 4.01. The van der Waals surface area contributed by atoms with Gasteiger partial charge in [-0.25, -0.2) is 0 Å². The minimum Gasteiger partial charge on any atom is -0.488 e. The first kappa shape index (κ1) is 11.0. The molecule has 0 aliphatic carbocycles. The van der Waals surface area contributed by atoms with Gasteiger partial charge in [-0.2, -0.15) is 0 Å². The van der Waals surface area contributed by atoms with Crippen LogP contribution in [0.1, 0.15) is 6.92 Å². The predicted molar refractivity (Wildman–Crippen MR) is 67.2 cm³/mol. The van der Waals surface area contributed by atoms with Crippen molar-refractivity contribution < 1.29 is 4.74 Å². The van der Waals surface area contributed by atoms with E-state index in [0.29, 0.717) is 6.61 Å². The lowest BCUT2D eigenvalue weighted by atomic mass is 10.3. The maximum Gasteiger partial charge on any atom is 0.134 e. The molecule has 13 heavy (non-hydrogen) atoms. The fourth-order valence-corrected chi connectivity index (χ4v) is 1.62. The Hall–Kier alpha value is -0.0300. The average Bonchev–Trinajstić information content (AvgIpc) is 2.06. The molecule has 0 saturated carbocycles. The third-order valence-electron chi connectivity index (χ3n) is 1.37. The monoisotopic (exact) mass is 352 g/mol. The van der Waals surface area contributed by atoms with Gasteiger partial charge in [0.2, 0.25) is 0 Å². The van der Waals surface area contributed by atoms with Crippen molar-refractivity contribution in [2.45, 2.75) is 6.92 Å². The molecule has 0 amide bonds. The van der Waals surface area contributed by atoms with Crippen LogP contribution in [0, 0.1) is 3.57 Å². The summed E-state index contributed by atoms with van der Waals surface area (Å²) in [4.78, 5) is 0. The number of rotatable bonds is 3. The van der Waals surface area contributed by atoms with Crippen LogP contribution in [0.25, 0.3) is 0 Å². The van der Waals surface area contributed by atoms with Crippen LogP contribution in [-0.2, 0) is 0 Å². The highest BCUT2D eigenvalue weighted by Gasteiger charge is 2.00. The van der Waals surface area contributed by atoms with E-state index in [2.05, 4.69) is 45.1 Å². The van der Waals surface area contributed by atoms with Gasteiger partial charge < -0.3 is 4.74 Å². The number of ether oxygens (including phenoxy) is 1. The second-order valence-corrected chi connectivity index (χ2v) is 4.90. The molecule has 0 atom stereocenters. The molecule has 0 unspecified atom stereocenters. The highest BCUT2D eigenvalue weighted by Crippen LogP contribution is 2.25. The molecule has 0 aromatic heterocycles. The number of halogens is 2. The molecule has 1 aromatic carbocycles. The molecule has 0 radical (unpaired) electrons. The molecule has 1 nitrogen and oxygen atoms in total. The molecular weight excluding hydrogens is 343 g/mol. The standard InChI is InChI=1S/C10H10BrIO/c1-7(2)6-13-10-5-8(11)3-4-9(10)12/h3-5H,1,6H2,2H3. The first-order valence-electron chi connectivity index (χ1n) is 3.82. The van der Waals surface area contributed by atoms with Gasteiger partial charge in [-0.3, -0.25) is 0 Å². The second-order valence-electron chi connectivity index (χ2n) is 2.82. The first-order chi connectivity index (χ1) is 6.09. The molecule has 1 aromatic rings. The molecule has 0 heterocycles. The van der Waals surface area contributed by atoms with Crippen molar-refractivity contribution in [3.05, 3.63) is 38.4 Å². The minimum atomic E-state index is 0.576. The Kier molecular flexibility index (Phi) is 4.25. The Morgan fingerprint density at radius 2 is 2.31 bits per heavy atom. The zero-order valence-electron chi connectivity index (χ0n) is 7.31. The van der Waals surface area contributed by atoms with Crippen LogP contribution in [0.4, 0.5) is 0 Å². The summed E-state index contributed by atoms with van der Waals surface area (Å²) in [6, 6.07) is 5.97. The van der Waals surface area contributed by atoms with E-state index in [4.69, 9.17) is 4.74 Å². The molecule has 0 spiro atoms. The van der Waals surface area contributed by atoms with E-state index in [1.807, 2.05) is 25.1 Å². The Balaban J connectivity index is 2.75. The van der Waals surface area contributed by atoms with Crippen molar-refractivity contribution in [2.24, 2.45) is 0 Å². The summed E-state index contributed by atoms with van der Waals surface area (Å²) >= 11 is 5.65. The molecule has 1 rings (SSSR count). The van der Waals surface area contributed by atoms with Crippen molar-refractivity contribution in [3.63, 3.8) is 0 Å². The van der Waals surface area contributed by atoms with Crippen molar-refractivity contribution in [1.29, 1.82) is 0 Å². The van der Waals surface area contributed by atoms with Gasteiger partial charge in [0.25, 0.3) is 0 Å². The van der Waals surface area contributed by atoms with Crippen molar-refractivity contribution in [3.8, 4) is 5.75 Å². The van der Waals surface area contributed by atoms with Gasteiger partial charge in [0, 0.05) is 4.47 Å². The molecule has 3 heteroatoms. The number of hydrogen-bond acceptors (Lipinski definition) is 1. The van der Waals surface area contributed by atoms with E-state index >= 15 is 0 Å². The lowest BCUT2D eigenvalue weighted by Crippen LogP contribution is -1.98. The molecule has 0 fully saturated rings. The van der Waals surface area contributed by atoms with Crippen LogP contribution in [0.2, 0.25) is 0 Å².